The van der Waals surface area contributed by atoms with Gasteiger partial charge in [-0.3, -0.25) is 0 Å². The van der Waals surface area contributed by atoms with E-state index < -0.39 is 5.54 Å². The lowest BCUT2D eigenvalue weighted by atomic mass is 9.91. The Morgan fingerprint density at radius 3 is 2.72 bits per heavy atom. The highest BCUT2D eigenvalue weighted by molar-refractivity contribution is 5.50. The maximum atomic E-state index is 9.36. The third-order valence-electron chi connectivity index (χ3n) is 3.44. The molecule has 1 fully saturated rings. The Bertz CT molecular complexity index is 380. The van der Waals surface area contributed by atoms with E-state index in [0.717, 1.165) is 30.8 Å². The monoisotopic (exact) mass is 250 g/mol. The lowest BCUT2D eigenvalue weighted by Crippen LogP contribution is -2.56. The predicted molar refractivity (Wildman–Crippen MR) is 73.1 cm³/mol. The molecule has 0 spiro atoms. The smallest absolute Gasteiger partial charge is 0.119 e. The average molecular weight is 250 g/mol. The van der Waals surface area contributed by atoms with Gasteiger partial charge in [0.05, 0.1) is 18.8 Å². The molecule has 1 heterocycles. The molecule has 4 nitrogen and oxygen atoms in total. The van der Waals surface area contributed by atoms with Crippen LogP contribution in [0.4, 0.5) is 5.69 Å². The van der Waals surface area contributed by atoms with E-state index in [4.69, 9.17) is 10.5 Å². The van der Waals surface area contributed by atoms with Crippen molar-refractivity contribution in [2.24, 2.45) is 5.73 Å². The molecule has 18 heavy (non-hydrogen) atoms. The minimum atomic E-state index is -0.461. The quantitative estimate of drug-likeness (QED) is 0.847. The number of aliphatic hydroxyl groups excluding tert-OH is 1. The summed E-state index contributed by atoms with van der Waals surface area (Å²) in [6, 6.07) is 8.05. The van der Waals surface area contributed by atoms with Crippen molar-refractivity contribution in [2.75, 3.05) is 31.2 Å². The second-order valence-corrected chi connectivity index (χ2v) is 4.97. The molecule has 0 aliphatic carbocycles. The van der Waals surface area contributed by atoms with Crippen molar-refractivity contribution >= 4 is 5.69 Å². The second-order valence-electron chi connectivity index (χ2n) is 4.97. The molecule has 1 aromatic rings. The molecule has 1 aliphatic heterocycles. The number of hydrogen-bond donors (Lipinski definition) is 2. The largest absolute Gasteiger partial charge is 0.494 e. The molecule has 0 aromatic heterocycles. The number of piperidine rings is 1. The van der Waals surface area contributed by atoms with Crippen molar-refractivity contribution in [2.45, 2.75) is 25.3 Å². The first kappa shape index (κ1) is 13.2. The normalized spacial score (nSPS) is 24.1. The van der Waals surface area contributed by atoms with E-state index in [1.54, 1.807) is 0 Å². The topological polar surface area (TPSA) is 58.7 Å². The summed E-state index contributed by atoms with van der Waals surface area (Å²) in [5, 5.41) is 9.36. The standard InChI is InChI=1S/C14H22N2O2/c1-2-18-13-6-4-12(5-7-13)16-9-3-8-14(15,10-16)11-17/h4-7,17H,2-3,8-11,15H2,1H3. The zero-order chi connectivity index (χ0) is 13.0. The zero-order valence-corrected chi connectivity index (χ0v) is 10.9. The van der Waals surface area contributed by atoms with Gasteiger partial charge in [0.25, 0.3) is 0 Å². The highest BCUT2D eigenvalue weighted by atomic mass is 16.5. The van der Waals surface area contributed by atoms with E-state index in [-0.39, 0.29) is 6.61 Å². The van der Waals surface area contributed by atoms with Crippen molar-refractivity contribution in [3.05, 3.63) is 24.3 Å². The van der Waals surface area contributed by atoms with Gasteiger partial charge in [-0.05, 0) is 44.0 Å². The molecular weight excluding hydrogens is 228 g/mol. The zero-order valence-electron chi connectivity index (χ0n) is 10.9. The fourth-order valence-electron chi connectivity index (χ4n) is 2.43. The highest BCUT2D eigenvalue weighted by Crippen LogP contribution is 2.26. The summed E-state index contributed by atoms with van der Waals surface area (Å²) in [4.78, 5) is 2.23. The molecule has 1 unspecified atom stereocenters. The van der Waals surface area contributed by atoms with Gasteiger partial charge in [-0.15, -0.1) is 0 Å². The number of rotatable bonds is 4. The third-order valence-corrected chi connectivity index (χ3v) is 3.44. The molecule has 4 heteroatoms. The lowest BCUT2D eigenvalue weighted by Gasteiger charge is -2.40. The molecule has 0 bridgehead atoms. The maximum absolute atomic E-state index is 9.36. The summed E-state index contributed by atoms with van der Waals surface area (Å²) >= 11 is 0. The molecule has 0 saturated carbocycles. The highest BCUT2D eigenvalue weighted by Gasteiger charge is 2.30. The molecule has 1 aromatic carbocycles. The molecule has 0 radical (unpaired) electrons. The Labute approximate surface area is 108 Å². The van der Waals surface area contributed by atoms with Crippen LogP contribution in [0.15, 0.2) is 24.3 Å². The van der Waals surface area contributed by atoms with Crippen LogP contribution in [0.3, 0.4) is 0 Å². The van der Waals surface area contributed by atoms with Crippen LogP contribution in [-0.4, -0.2) is 36.9 Å². The molecule has 1 atom stereocenters. The van der Waals surface area contributed by atoms with E-state index >= 15 is 0 Å². The van der Waals surface area contributed by atoms with E-state index in [0.29, 0.717) is 13.2 Å². The first-order chi connectivity index (χ1) is 8.67. The first-order valence-electron chi connectivity index (χ1n) is 6.54. The Hall–Kier alpha value is -1.26. The Morgan fingerprint density at radius 1 is 1.39 bits per heavy atom. The van der Waals surface area contributed by atoms with Crippen LogP contribution in [0.2, 0.25) is 0 Å². The Balaban J connectivity index is 2.06. The van der Waals surface area contributed by atoms with Crippen LogP contribution in [0, 0.1) is 0 Å². The van der Waals surface area contributed by atoms with Crippen LogP contribution < -0.4 is 15.4 Å². The molecule has 3 N–H and O–H groups in total. The number of nitrogens with two attached hydrogens (primary N) is 1. The SMILES string of the molecule is CCOc1ccc(N2CCCC(N)(CO)C2)cc1. The Kier molecular flexibility index (Phi) is 4.09. The van der Waals surface area contributed by atoms with Gasteiger partial charge in [0, 0.05) is 18.8 Å². The van der Waals surface area contributed by atoms with Gasteiger partial charge in [0.15, 0.2) is 0 Å². The first-order valence-corrected chi connectivity index (χ1v) is 6.54. The van der Waals surface area contributed by atoms with Gasteiger partial charge in [-0.25, -0.2) is 0 Å². The predicted octanol–water partition coefficient (Wildman–Crippen LogP) is 1.38. The van der Waals surface area contributed by atoms with Crippen LogP contribution in [0.25, 0.3) is 0 Å². The van der Waals surface area contributed by atoms with Crippen LogP contribution in [-0.2, 0) is 0 Å². The summed E-state index contributed by atoms with van der Waals surface area (Å²) in [5.41, 5.74) is 6.83. The second kappa shape index (κ2) is 5.59. The van der Waals surface area contributed by atoms with Gasteiger partial charge in [-0.1, -0.05) is 0 Å². The van der Waals surface area contributed by atoms with Gasteiger partial charge >= 0.3 is 0 Å². The molecule has 100 valence electrons. The minimum Gasteiger partial charge on any atom is -0.494 e. The fourth-order valence-corrected chi connectivity index (χ4v) is 2.43. The van der Waals surface area contributed by atoms with Crippen molar-refractivity contribution < 1.29 is 9.84 Å². The number of ether oxygens (including phenoxy) is 1. The molecule has 2 rings (SSSR count). The molecule has 1 saturated heterocycles. The summed E-state index contributed by atoms with van der Waals surface area (Å²) in [5.74, 6) is 0.888. The van der Waals surface area contributed by atoms with Crippen LogP contribution in [0.5, 0.6) is 5.75 Å². The molecule has 0 amide bonds. The van der Waals surface area contributed by atoms with Gasteiger partial charge < -0.3 is 20.5 Å². The fraction of sp³-hybridized carbons (Fsp3) is 0.571. The van der Waals surface area contributed by atoms with Gasteiger partial charge in [-0.2, -0.15) is 0 Å². The average Bonchev–Trinajstić information content (AvgIpc) is 2.40. The van der Waals surface area contributed by atoms with Gasteiger partial charge in [0.2, 0.25) is 0 Å². The molecule has 1 aliphatic rings. The number of aliphatic hydroxyl groups is 1. The molecular formula is C14H22N2O2. The number of benzene rings is 1. The van der Waals surface area contributed by atoms with Crippen molar-refractivity contribution in [1.82, 2.24) is 0 Å². The van der Waals surface area contributed by atoms with E-state index in [2.05, 4.69) is 4.90 Å². The summed E-state index contributed by atoms with van der Waals surface area (Å²) < 4.78 is 5.43. The number of nitrogens with zero attached hydrogens (tertiary/aromatic N) is 1. The van der Waals surface area contributed by atoms with Crippen LogP contribution >= 0.6 is 0 Å². The number of hydrogen-bond acceptors (Lipinski definition) is 4. The van der Waals surface area contributed by atoms with Gasteiger partial charge in [0.1, 0.15) is 5.75 Å². The van der Waals surface area contributed by atoms with E-state index in [1.807, 2.05) is 31.2 Å². The van der Waals surface area contributed by atoms with Crippen molar-refractivity contribution in [1.29, 1.82) is 0 Å². The summed E-state index contributed by atoms with van der Waals surface area (Å²) in [6.07, 6.45) is 1.90. The van der Waals surface area contributed by atoms with E-state index in [9.17, 15) is 5.11 Å². The maximum Gasteiger partial charge on any atom is 0.119 e. The lowest BCUT2D eigenvalue weighted by molar-refractivity contribution is 0.177. The van der Waals surface area contributed by atoms with Crippen molar-refractivity contribution in [3.8, 4) is 5.75 Å². The van der Waals surface area contributed by atoms with Crippen LogP contribution in [0.1, 0.15) is 19.8 Å². The minimum absolute atomic E-state index is 0.0422. The van der Waals surface area contributed by atoms with Crippen molar-refractivity contribution in [3.63, 3.8) is 0 Å². The number of anilines is 1. The van der Waals surface area contributed by atoms with E-state index in [1.165, 1.54) is 0 Å². The Morgan fingerprint density at radius 2 is 2.11 bits per heavy atom. The summed E-state index contributed by atoms with van der Waals surface area (Å²) in [6.45, 7) is 4.40. The third kappa shape index (κ3) is 2.94. The summed E-state index contributed by atoms with van der Waals surface area (Å²) in [7, 11) is 0.